The molecule has 0 amide bonds. The molecular formula is C38H44O5Si. The van der Waals surface area contributed by atoms with Crippen molar-refractivity contribution in [3.8, 4) is 0 Å². The Morgan fingerprint density at radius 1 is 0.636 bits per heavy atom. The first-order valence-electron chi connectivity index (χ1n) is 15.6. The number of ether oxygens (including phenoxy) is 4. The number of rotatable bonds is 11. The molecule has 0 aliphatic carbocycles. The van der Waals surface area contributed by atoms with E-state index in [0.717, 1.165) is 22.3 Å². The largest absolute Gasteiger partial charge is 0.408 e. The molecule has 44 heavy (non-hydrogen) atoms. The third-order valence-electron chi connectivity index (χ3n) is 9.33. The van der Waals surface area contributed by atoms with Gasteiger partial charge in [0.1, 0.15) is 30.0 Å². The van der Waals surface area contributed by atoms with Crippen LogP contribution in [0, 0.1) is 0 Å². The van der Waals surface area contributed by atoms with Gasteiger partial charge in [-0.1, -0.05) is 142 Å². The molecule has 2 aliphatic rings. The summed E-state index contributed by atoms with van der Waals surface area (Å²) in [6, 6.07) is 41.6. The number of benzene rings is 4. The molecule has 0 bridgehead atoms. The maximum Gasteiger partial charge on any atom is 0.192 e. The quantitative estimate of drug-likeness (QED) is 0.0979. The van der Waals surface area contributed by atoms with Crippen LogP contribution in [0.1, 0.15) is 43.0 Å². The first-order valence-corrected chi connectivity index (χ1v) is 18.5. The van der Waals surface area contributed by atoms with Gasteiger partial charge < -0.3 is 23.4 Å². The van der Waals surface area contributed by atoms with Crippen molar-refractivity contribution in [1.82, 2.24) is 0 Å². The first-order chi connectivity index (χ1) is 21.2. The lowest BCUT2D eigenvalue weighted by Crippen LogP contribution is -2.58. The summed E-state index contributed by atoms with van der Waals surface area (Å²) in [7, 11) is -2.23. The Balaban J connectivity index is 1.37. The van der Waals surface area contributed by atoms with Crippen molar-refractivity contribution in [1.29, 1.82) is 0 Å². The van der Waals surface area contributed by atoms with Crippen molar-refractivity contribution in [3.63, 3.8) is 0 Å². The second-order valence-corrected chi connectivity index (χ2v) is 18.1. The van der Waals surface area contributed by atoms with Crippen LogP contribution in [0.3, 0.4) is 0 Å². The van der Waals surface area contributed by atoms with Crippen LogP contribution < -0.4 is 0 Å². The van der Waals surface area contributed by atoms with Gasteiger partial charge in [-0.15, -0.1) is 0 Å². The van der Waals surface area contributed by atoms with E-state index in [1.807, 2.05) is 36.4 Å². The molecule has 5 atom stereocenters. The molecule has 0 radical (unpaired) electrons. The van der Waals surface area contributed by atoms with Crippen molar-refractivity contribution < 1.29 is 23.4 Å². The summed E-state index contributed by atoms with van der Waals surface area (Å²) in [4.78, 5) is 0. The molecule has 2 fully saturated rings. The minimum atomic E-state index is -2.23. The fourth-order valence-corrected chi connectivity index (χ4v) is 7.15. The molecular weight excluding hydrogens is 564 g/mol. The molecule has 230 valence electrons. The van der Waals surface area contributed by atoms with Crippen LogP contribution >= 0.6 is 0 Å². The molecule has 6 heteroatoms. The SMILES string of the molecule is CC(C)(C)[Si](C)(C)O[C@H]1[C@H](OCc2ccccc2)[C@H]2O[C@H]2O[C@@H]1COC(c1ccccc1)(c1ccccc1)c1ccccc1. The molecule has 0 N–H and O–H groups in total. The summed E-state index contributed by atoms with van der Waals surface area (Å²) in [5.41, 5.74) is 3.40. The lowest BCUT2D eigenvalue weighted by Gasteiger charge is -2.45. The average molecular weight is 609 g/mol. The molecule has 4 aromatic carbocycles. The van der Waals surface area contributed by atoms with Crippen LogP contribution in [0.5, 0.6) is 0 Å². The summed E-state index contributed by atoms with van der Waals surface area (Å²) in [6.45, 7) is 12.1. The third kappa shape index (κ3) is 6.34. The molecule has 2 aliphatic heterocycles. The zero-order valence-electron chi connectivity index (χ0n) is 26.4. The molecule has 0 aromatic heterocycles. The van der Waals surface area contributed by atoms with Gasteiger partial charge >= 0.3 is 0 Å². The number of fused-ring (bicyclic) bond motifs is 1. The average Bonchev–Trinajstić information content (AvgIpc) is 3.82. The van der Waals surface area contributed by atoms with Crippen molar-refractivity contribution in [2.24, 2.45) is 0 Å². The highest BCUT2D eigenvalue weighted by atomic mass is 28.4. The van der Waals surface area contributed by atoms with Crippen molar-refractivity contribution >= 4 is 8.32 Å². The molecule has 4 aromatic rings. The van der Waals surface area contributed by atoms with E-state index >= 15 is 0 Å². The fraction of sp³-hybridized carbons (Fsp3) is 0.368. The number of hydrogen-bond acceptors (Lipinski definition) is 5. The Labute approximate surface area is 263 Å². The molecule has 5 nitrogen and oxygen atoms in total. The Morgan fingerprint density at radius 3 is 1.59 bits per heavy atom. The summed E-state index contributed by atoms with van der Waals surface area (Å²) in [6.07, 6.45) is -1.53. The van der Waals surface area contributed by atoms with E-state index in [-0.39, 0.29) is 36.2 Å². The Kier molecular flexibility index (Phi) is 8.93. The van der Waals surface area contributed by atoms with E-state index in [9.17, 15) is 0 Å². The summed E-state index contributed by atoms with van der Waals surface area (Å²) < 4.78 is 33.7. The summed E-state index contributed by atoms with van der Waals surface area (Å²) in [5, 5.41) is 0.00547. The lowest BCUT2D eigenvalue weighted by molar-refractivity contribution is -0.174. The van der Waals surface area contributed by atoms with Crippen LogP contribution in [0.4, 0.5) is 0 Å². The molecule has 6 rings (SSSR count). The molecule has 0 saturated carbocycles. The van der Waals surface area contributed by atoms with E-state index in [1.54, 1.807) is 0 Å². The van der Waals surface area contributed by atoms with E-state index in [1.165, 1.54) is 0 Å². The summed E-state index contributed by atoms with van der Waals surface area (Å²) >= 11 is 0. The van der Waals surface area contributed by atoms with Gasteiger partial charge in [-0.3, -0.25) is 0 Å². The Bertz CT molecular complexity index is 1380. The minimum absolute atomic E-state index is 0.00547. The predicted octanol–water partition coefficient (Wildman–Crippen LogP) is 8.09. The Morgan fingerprint density at radius 2 is 1.11 bits per heavy atom. The standard InChI is InChI=1S/C38H44O5Si/c1-37(2,3)44(4,5)43-33-32(41-36-35(42-36)34(33)39-26-28-18-10-6-11-19-28)27-40-38(29-20-12-7-13-21-29,30-22-14-8-15-23-30)31-24-16-9-17-25-31/h6-25,32-36H,26-27H2,1-5H3/t32-,33-,34+,35-,36-/m1/s1. The number of epoxide rings is 1. The third-order valence-corrected chi connectivity index (χ3v) is 13.8. The highest BCUT2D eigenvalue weighted by Crippen LogP contribution is 2.46. The zero-order valence-corrected chi connectivity index (χ0v) is 27.4. The normalized spacial score (nSPS) is 23.6. The second kappa shape index (κ2) is 12.7. The zero-order chi connectivity index (χ0) is 30.8. The van der Waals surface area contributed by atoms with Crippen LogP contribution in [-0.4, -0.2) is 45.6 Å². The van der Waals surface area contributed by atoms with E-state index in [0.29, 0.717) is 6.61 Å². The van der Waals surface area contributed by atoms with E-state index in [4.69, 9.17) is 23.4 Å². The second-order valence-electron chi connectivity index (χ2n) is 13.3. The van der Waals surface area contributed by atoms with Crippen molar-refractivity contribution in [2.45, 2.75) is 81.8 Å². The highest BCUT2D eigenvalue weighted by molar-refractivity contribution is 6.74. The molecule has 0 unspecified atom stereocenters. The van der Waals surface area contributed by atoms with Gasteiger partial charge in [0.25, 0.3) is 0 Å². The number of hydrogen-bond donors (Lipinski definition) is 0. The van der Waals surface area contributed by atoms with Gasteiger partial charge in [-0.05, 0) is 40.4 Å². The van der Waals surface area contributed by atoms with Gasteiger partial charge in [-0.25, -0.2) is 0 Å². The van der Waals surface area contributed by atoms with Gasteiger partial charge in [0, 0.05) is 0 Å². The summed E-state index contributed by atoms with van der Waals surface area (Å²) in [5.74, 6) is 0. The van der Waals surface area contributed by atoms with Gasteiger partial charge in [0.05, 0.1) is 13.2 Å². The van der Waals surface area contributed by atoms with Crippen LogP contribution in [0.25, 0.3) is 0 Å². The van der Waals surface area contributed by atoms with Gasteiger partial charge in [0.15, 0.2) is 14.6 Å². The minimum Gasteiger partial charge on any atom is -0.408 e. The maximum absolute atomic E-state index is 7.24. The van der Waals surface area contributed by atoms with Crippen LogP contribution in [0.2, 0.25) is 18.1 Å². The topological polar surface area (TPSA) is 49.5 Å². The molecule has 0 spiro atoms. The predicted molar refractivity (Wildman–Crippen MR) is 176 cm³/mol. The van der Waals surface area contributed by atoms with Crippen LogP contribution in [-0.2, 0) is 35.6 Å². The van der Waals surface area contributed by atoms with Gasteiger partial charge in [0.2, 0.25) is 0 Å². The van der Waals surface area contributed by atoms with Gasteiger partial charge in [-0.2, -0.15) is 0 Å². The van der Waals surface area contributed by atoms with E-state index < -0.39 is 20.0 Å². The molecule has 2 heterocycles. The van der Waals surface area contributed by atoms with E-state index in [2.05, 4.69) is 119 Å². The Hall–Kier alpha value is -3.10. The van der Waals surface area contributed by atoms with Crippen molar-refractivity contribution in [2.75, 3.05) is 6.61 Å². The lowest BCUT2D eigenvalue weighted by atomic mass is 9.80. The monoisotopic (exact) mass is 608 g/mol. The fourth-order valence-electron chi connectivity index (χ4n) is 5.83. The van der Waals surface area contributed by atoms with Crippen molar-refractivity contribution in [3.05, 3.63) is 144 Å². The highest BCUT2D eigenvalue weighted by Gasteiger charge is 2.60. The smallest absolute Gasteiger partial charge is 0.192 e. The maximum atomic E-state index is 7.24. The molecule has 2 saturated heterocycles. The first kappa shape index (κ1) is 30.9. The van der Waals surface area contributed by atoms with Crippen LogP contribution in [0.15, 0.2) is 121 Å².